The number of hydrogen-bond acceptors (Lipinski definition) is 6. The molecule has 0 spiro atoms. The molecule has 42 heavy (non-hydrogen) atoms. The SMILES string of the molecule is CCCCCCc1c[c]([Sn]([CH3])([CH3])[CH3])sc1-c1nc2cc3sc(-c4s[c]([Sn]([CH3])([CH3])[CH3])cc4CCCCCC)nc3cc2s1. The predicted octanol–water partition coefficient (Wildman–Crippen LogP) is 11.7. The molecule has 4 aromatic heterocycles. The number of hydrogen-bond donors (Lipinski definition) is 0. The second kappa shape index (κ2) is 14.2. The van der Waals surface area contributed by atoms with Crippen molar-refractivity contribution in [1.82, 2.24) is 9.97 Å². The van der Waals surface area contributed by atoms with Gasteiger partial charge in [0.2, 0.25) is 0 Å². The van der Waals surface area contributed by atoms with Crippen LogP contribution in [0.2, 0.25) is 29.6 Å². The van der Waals surface area contributed by atoms with Crippen molar-refractivity contribution >= 4 is 108 Å². The molecule has 0 unspecified atom stereocenters. The number of benzene rings is 1. The van der Waals surface area contributed by atoms with Crippen LogP contribution in [0.15, 0.2) is 24.3 Å². The number of unbranched alkanes of at least 4 members (excludes halogenated alkanes) is 6. The Hall–Kier alpha value is -0.00260. The molecular formula is C34H48N2S4Sn2. The standard InChI is InChI=1S/C28H30N2S4.6CH3.2Sn/c1-3-5-7-9-11-19-13-15-31-25(19)27-29-21-17-24-22(18-23(21)33-27)30-28(34-24)26-20(14-16-32-26)12-10-8-6-4-2;;;;;;;;/h13-14,17-18H,3-12H2,1-2H3;6*1H3;;. The summed E-state index contributed by atoms with van der Waals surface area (Å²) in [7, 11) is 0. The molecular weight excluding hydrogens is 802 g/mol. The Kier molecular flexibility index (Phi) is 11.3. The van der Waals surface area contributed by atoms with Crippen molar-refractivity contribution < 1.29 is 0 Å². The number of thiazole rings is 2. The zero-order chi connectivity index (χ0) is 30.1. The molecule has 0 N–H and O–H groups in total. The fourth-order valence-corrected chi connectivity index (χ4v) is 20.5. The summed E-state index contributed by atoms with van der Waals surface area (Å²) in [6.45, 7) is 4.59. The third-order valence-electron chi connectivity index (χ3n) is 7.98. The third kappa shape index (κ3) is 7.86. The first kappa shape index (κ1) is 33.4. The molecule has 0 fully saturated rings. The Morgan fingerprint density at radius 3 is 1.29 bits per heavy atom. The van der Waals surface area contributed by atoms with E-state index in [-0.39, 0.29) is 0 Å². The summed E-state index contributed by atoms with van der Waals surface area (Å²) in [5.74, 6) is 0. The van der Waals surface area contributed by atoms with Gasteiger partial charge in [-0.2, -0.15) is 0 Å². The quantitative estimate of drug-likeness (QED) is 0.0822. The van der Waals surface area contributed by atoms with Gasteiger partial charge in [-0.15, -0.1) is 0 Å². The summed E-state index contributed by atoms with van der Waals surface area (Å²) >= 11 is 3.54. The maximum absolute atomic E-state index is 5.27. The Labute approximate surface area is 278 Å². The van der Waals surface area contributed by atoms with Crippen LogP contribution in [-0.4, -0.2) is 46.7 Å². The molecule has 2 nitrogen and oxygen atoms in total. The topological polar surface area (TPSA) is 25.8 Å². The molecule has 4 heterocycles. The monoisotopic (exact) mass is 852 g/mol. The van der Waals surface area contributed by atoms with E-state index in [9.17, 15) is 0 Å². The minimum atomic E-state index is -2.16. The van der Waals surface area contributed by atoms with Crippen LogP contribution in [0.5, 0.6) is 0 Å². The van der Waals surface area contributed by atoms with Crippen molar-refractivity contribution in [3.05, 3.63) is 35.4 Å². The van der Waals surface area contributed by atoms with Gasteiger partial charge in [-0.05, 0) is 0 Å². The van der Waals surface area contributed by atoms with Gasteiger partial charge in [0, 0.05) is 0 Å². The number of rotatable bonds is 14. The number of aromatic nitrogens is 2. The van der Waals surface area contributed by atoms with Crippen LogP contribution in [0.1, 0.15) is 76.3 Å². The first-order valence-corrected chi connectivity index (χ1v) is 39.2. The molecule has 1 aromatic carbocycles. The molecule has 5 aromatic rings. The van der Waals surface area contributed by atoms with Crippen LogP contribution in [0.4, 0.5) is 0 Å². The zero-order valence-corrected chi connectivity index (χ0v) is 35.9. The van der Waals surface area contributed by atoms with E-state index in [0.717, 1.165) is 11.0 Å². The molecule has 0 amide bonds. The van der Waals surface area contributed by atoms with Gasteiger partial charge < -0.3 is 0 Å². The molecule has 0 saturated heterocycles. The van der Waals surface area contributed by atoms with E-state index < -0.39 is 36.8 Å². The molecule has 0 aliphatic carbocycles. The molecule has 0 atom stereocenters. The average molecular weight is 850 g/mol. The molecule has 0 bridgehead atoms. The summed E-state index contributed by atoms with van der Waals surface area (Å²) in [6, 6.07) is 9.78. The fraction of sp³-hybridized carbons (Fsp3) is 0.529. The summed E-state index contributed by atoms with van der Waals surface area (Å²) in [5, 5.41) is 2.44. The van der Waals surface area contributed by atoms with E-state index in [0.29, 0.717) is 0 Å². The number of nitrogens with zero attached hydrogens (tertiary/aromatic N) is 2. The summed E-state index contributed by atoms with van der Waals surface area (Å²) in [6.07, 6.45) is 12.9. The van der Waals surface area contributed by atoms with Crippen LogP contribution in [0.25, 0.3) is 40.2 Å². The van der Waals surface area contributed by atoms with Gasteiger partial charge >= 0.3 is 281 Å². The van der Waals surface area contributed by atoms with E-state index in [4.69, 9.17) is 9.97 Å². The number of aryl methyl sites for hydroxylation is 2. The van der Waals surface area contributed by atoms with Crippen molar-refractivity contribution in [2.45, 2.75) is 108 Å². The van der Waals surface area contributed by atoms with Gasteiger partial charge in [-0.3, -0.25) is 0 Å². The summed E-state index contributed by atoms with van der Waals surface area (Å²) < 4.78 is 5.91. The van der Waals surface area contributed by atoms with Crippen LogP contribution in [0, 0.1) is 0 Å². The normalized spacial score (nSPS) is 12.8. The third-order valence-corrected chi connectivity index (χ3v) is 31.5. The van der Waals surface area contributed by atoms with Crippen molar-refractivity contribution in [2.75, 3.05) is 0 Å². The summed E-state index contributed by atoms with van der Waals surface area (Å²) in [4.78, 5) is 28.7. The fourth-order valence-electron chi connectivity index (χ4n) is 5.36. The van der Waals surface area contributed by atoms with Gasteiger partial charge in [0.15, 0.2) is 0 Å². The number of fused-ring (bicyclic) bond motifs is 2. The molecule has 8 heteroatoms. The zero-order valence-electron chi connectivity index (χ0n) is 26.9. The molecule has 0 aliphatic heterocycles. The Bertz CT molecular complexity index is 1470. The molecule has 0 aliphatic rings. The predicted molar refractivity (Wildman–Crippen MR) is 201 cm³/mol. The number of thiophene rings is 2. The van der Waals surface area contributed by atoms with Crippen molar-refractivity contribution in [3.8, 4) is 19.8 Å². The molecule has 0 radical (unpaired) electrons. The van der Waals surface area contributed by atoms with Gasteiger partial charge in [-0.25, -0.2) is 0 Å². The molecule has 0 saturated carbocycles. The Morgan fingerprint density at radius 2 is 0.929 bits per heavy atom. The van der Waals surface area contributed by atoms with Gasteiger partial charge in [0.25, 0.3) is 0 Å². The first-order chi connectivity index (χ1) is 20.0. The minimum absolute atomic E-state index is 1.14. The average Bonchev–Trinajstić information content (AvgIpc) is 3.70. The maximum atomic E-state index is 5.27. The van der Waals surface area contributed by atoms with Crippen molar-refractivity contribution in [1.29, 1.82) is 0 Å². The van der Waals surface area contributed by atoms with Crippen molar-refractivity contribution in [2.24, 2.45) is 0 Å². The van der Waals surface area contributed by atoms with Gasteiger partial charge in [0.1, 0.15) is 0 Å². The second-order valence-corrected chi connectivity index (χ2v) is 48.9. The van der Waals surface area contributed by atoms with Gasteiger partial charge in [-0.1, -0.05) is 0 Å². The van der Waals surface area contributed by atoms with Crippen molar-refractivity contribution in [3.63, 3.8) is 0 Å². The first-order valence-electron chi connectivity index (χ1n) is 16.0. The van der Waals surface area contributed by atoms with E-state index in [1.807, 2.05) is 22.7 Å². The van der Waals surface area contributed by atoms with Crippen LogP contribution in [0.3, 0.4) is 0 Å². The van der Waals surface area contributed by atoms with Crippen LogP contribution < -0.4 is 5.79 Å². The van der Waals surface area contributed by atoms with Crippen LogP contribution in [-0.2, 0) is 12.8 Å². The molecule has 5 rings (SSSR count). The van der Waals surface area contributed by atoms with E-state index >= 15 is 0 Å². The summed E-state index contributed by atoms with van der Waals surface area (Å²) in [5.41, 5.74) is 5.37. The van der Waals surface area contributed by atoms with E-state index in [1.165, 1.54) is 93.4 Å². The Balaban J connectivity index is 1.48. The van der Waals surface area contributed by atoms with E-state index in [1.54, 1.807) is 16.9 Å². The second-order valence-electron chi connectivity index (χ2n) is 13.9. The molecule has 226 valence electrons. The Morgan fingerprint density at radius 1 is 0.524 bits per heavy atom. The van der Waals surface area contributed by atoms with E-state index in [2.05, 4.69) is 90.4 Å². The van der Waals surface area contributed by atoms with Gasteiger partial charge in [0.05, 0.1) is 0 Å². The van der Waals surface area contributed by atoms with Crippen LogP contribution >= 0.6 is 45.3 Å².